The van der Waals surface area contributed by atoms with E-state index in [9.17, 15) is 0 Å². The molecule has 9 aromatic carbocycles. The van der Waals surface area contributed by atoms with Gasteiger partial charge in [-0.1, -0.05) is 198 Å². The first-order valence-electron chi connectivity index (χ1n) is 25.3. The van der Waals surface area contributed by atoms with Gasteiger partial charge in [-0.3, -0.25) is 0 Å². The molecule has 0 saturated carbocycles. The van der Waals surface area contributed by atoms with Gasteiger partial charge in [0.15, 0.2) is 0 Å². The molecule has 3 heterocycles. The molecule has 0 N–H and O–H groups in total. The minimum atomic E-state index is -0.476. The summed E-state index contributed by atoms with van der Waals surface area (Å²) in [7, 11) is 0. The molecule has 340 valence electrons. The second kappa shape index (κ2) is 15.4. The zero-order chi connectivity index (χ0) is 47.9. The first-order chi connectivity index (χ1) is 34.6. The molecule has 71 heavy (non-hydrogen) atoms. The molecule has 0 radical (unpaired) electrons. The van der Waals surface area contributed by atoms with Crippen LogP contribution in [0.2, 0.25) is 0 Å². The van der Waals surface area contributed by atoms with Crippen molar-refractivity contribution in [3.05, 3.63) is 245 Å². The Balaban J connectivity index is 1.11. The Morgan fingerprint density at radius 1 is 0.493 bits per heavy atom. The molecule has 1 spiro atoms. The van der Waals surface area contributed by atoms with Gasteiger partial charge in [0, 0.05) is 43.7 Å². The fraction of sp³-hybridized carbons (Fsp3) is 0.134. The number of fused-ring (bicyclic) bond motifs is 15. The Morgan fingerprint density at radius 2 is 1.07 bits per heavy atom. The van der Waals surface area contributed by atoms with Crippen molar-refractivity contribution in [3.63, 3.8) is 0 Å². The molecular formula is C67H53BN2S. The number of benzene rings is 9. The molecule has 2 aliphatic heterocycles. The molecule has 2 aliphatic carbocycles. The first-order valence-corrected chi connectivity index (χ1v) is 26.1. The average Bonchev–Trinajstić information content (AvgIpc) is 4.02. The monoisotopic (exact) mass is 928 g/mol. The summed E-state index contributed by atoms with van der Waals surface area (Å²) in [6, 6.07) is 78.6. The summed E-state index contributed by atoms with van der Waals surface area (Å²) >= 11 is 2.07. The highest BCUT2D eigenvalue weighted by Gasteiger charge is 2.57. The number of hydrogen-bond acceptors (Lipinski definition) is 3. The molecule has 0 amide bonds. The van der Waals surface area contributed by atoms with Crippen LogP contribution in [0.3, 0.4) is 0 Å². The van der Waals surface area contributed by atoms with Crippen LogP contribution in [0.5, 0.6) is 0 Å². The first kappa shape index (κ1) is 42.2. The fourth-order valence-corrected chi connectivity index (χ4v) is 14.5. The van der Waals surface area contributed by atoms with E-state index in [-0.39, 0.29) is 12.1 Å². The molecule has 0 fully saturated rings. The van der Waals surface area contributed by atoms with Crippen molar-refractivity contribution in [2.45, 2.75) is 58.3 Å². The maximum atomic E-state index is 2.67. The van der Waals surface area contributed by atoms with Crippen LogP contribution in [0, 0.1) is 6.92 Å². The highest BCUT2D eigenvalue weighted by atomic mass is 32.1. The van der Waals surface area contributed by atoms with Crippen molar-refractivity contribution in [1.82, 2.24) is 0 Å². The van der Waals surface area contributed by atoms with E-state index in [0.717, 1.165) is 5.69 Å². The molecule has 1 aromatic heterocycles. The predicted molar refractivity (Wildman–Crippen MR) is 303 cm³/mol. The number of rotatable bonds is 5. The number of thiophene rings is 1. The second-order valence-electron chi connectivity index (χ2n) is 21.5. The Morgan fingerprint density at radius 3 is 1.72 bits per heavy atom. The van der Waals surface area contributed by atoms with Gasteiger partial charge in [0.1, 0.15) is 0 Å². The SMILES string of the molecule is Cc1cc2c3c(c1)N(c1ccc(C(C)(C)C)cc1)c1c(sc4c1-c1ccc(C(C)C)cc1C41c4ccccc4-c4ccccc41)B3c1ccc(-c3ccccc3-c3ccccc3)cc1N2c1ccccc1. The van der Waals surface area contributed by atoms with Crippen molar-refractivity contribution in [2.75, 3.05) is 9.80 Å². The summed E-state index contributed by atoms with van der Waals surface area (Å²) in [6.07, 6.45) is 0. The largest absolute Gasteiger partial charge is 0.311 e. The number of aryl methyl sites for hydroxylation is 1. The van der Waals surface area contributed by atoms with Crippen LogP contribution in [0.25, 0.3) is 44.5 Å². The van der Waals surface area contributed by atoms with E-state index >= 15 is 0 Å². The summed E-state index contributed by atoms with van der Waals surface area (Å²) in [5.41, 5.74) is 28.0. The Bertz CT molecular complexity index is 3760. The molecule has 0 atom stereocenters. The Hall–Kier alpha value is -7.66. The zero-order valence-electron chi connectivity index (χ0n) is 41.1. The summed E-state index contributed by atoms with van der Waals surface area (Å²) in [5, 5.41) is 0. The molecular weight excluding hydrogens is 876 g/mol. The maximum absolute atomic E-state index is 2.67. The summed E-state index contributed by atoms with van der Waals surface area (Å²) in [4.78, 5) is 6.66. The highest BCUT2D eigenvalue weighted by molar-refractivity contribution is 7.30. The number of hydrogen-bond donors (Lipinski definition) is 0. The third-order valence-corrected chi connectivity index (χ3v) is 17.4. The van der Waals surface area contributed by atoms with Gasteiger partial charge in [-0.2, -0.15) is 0 Å². The predicted octanol–water partition coefficient (Wildman–Crippen LogP) is 16.2. The van der Waals surface area contributed by atoms with Gasteiger partial charge >= 0.3 is 0 Å². The maximum Gasteiger partial charge on any atom is 0.264 e. The van der Waals surface area contributed by atoms with Crippen LogP contribution in [0.15, 0.2) is 206 Å². The third kappa shape index (κ3) is 5.95. The topological polar surface area (TPSA) is 6.48 Å². The van der Waals surface area contributed by atoms with E-state index in [1.165, 1.54) is 127 Å². The zero-order valence-corrected chi connectivity index (χ0v) is 41.9. The number of anilines is 6. The van der Waals surface area contributed by atoms with E-state index in [2.05, 4.69) is 269 Å². The lowest BCUT2D eigenvalue weighted by atomic mass is 9.36. The highest BCUT2D eigenvalue weighted by Crippen LogP contribution is 2.67. The standard InChI is InChI=1S/C67H53BN2S/c1-41(2)44-29-35-53-56(39-44)67(54-27-17-15-25-51(54)52-26-16-18-28-55(52)67)64-61(53)63-65(71-64)68-57-36-30-45(50-24-14-13-23-49(50)43-19-9-7-10-20-43)40-58(57)69(47-21-11-8-12-22-47)59-37-42(3)38-60(62(59)68)70(63)48-33-31-46(32-34-48)66(4,5)6/h7-41H,1-6H3. The number of para-hydroxylation sites is 1. The molecule has 4 aliphatic rings. The van der Waals surface area contributed by atoms with Crippen LogP contribution in [-0.2, 0) is 10.8 Å². The van der Waals surface area contributed by atoms with Crippen LogP contribution in [-0.4, -0.2) is 6.71 Å². The van der Waals surface area contributed by atoms with Gasteiger partial charge in [-0.05, 0) is 144 Å². The van der Waals surface area contributed by atoms with E-state index in [4.69, 9.17) is 0 Å². The summed E-state index contributed by atoms with van der Waals surface area (Å²) < 4.78 is 1.40. The lowest BCUT2D eigenvalue weighted by Crippen LogP contribution is -2.60. The molecule has 0 saturated heterocycles. The van der Waals surface area contributed by atoms with Gasteiger partial charge in [0.05, 0.1) is 11.1 Å². The molecule has 14 rings (SSSR count). The van der Waals surface area contributed by atoms with Crippen molar-refractivity contribution >= 4 is 67.9 Å². The van der Waals surface area contributed by atoms with E-state index < -0.39 is 5.41 Å². The van der Waals surface area contributed by atoms with Crippen molar-refractivity contribution in [1.29, 1.82) is 0 Å². The minimum absolute atomic E-state index is 0.0197. The normalized spacial score (nSPS) is 14.2. The molecule has 0 unspecified atom stereocenters. The third-order valence-electron chi connectivity index (χ3n) is 16.0. The molecule has 2 nitrogen and oxygen atoms in total. The molecule has 0 bridgehead atoms. The van der Waals surface area contributed by atoms with Crippen molar-refractivity contribution in [2.24, 2.45) is 0 Å². The lowest BCUT2D eigenvalue weighted by molar-refractivity contribution is 0.590. The van der Waals surface area contributed by atoms with E-state index in [0.29, 0.717) is 5.92 Å². The summed E-state index contributed by atoms with van der Waals surface area (Å²) in [5.74, 6) is 0.388. The Kier molecular flexibility index (Phi) is 9.18. The van der Waals surface area contributed by atoms with Crippen molar-refractivity contribution < 1.29 is 0 Å². The van der Waals surface area contributed by atoms with E-state index in [1.54, 1.807) is 0 Å². The quantitative estimate of drug-likeness (QED) is 0.159. The lowest BCUT2D eigenvalue weighted by Gasteiger charge is -2.44. The Labute approximate surface area is 422 Å². The van der Waals surface area contributed by atoms with Crippen LogP contribution in [0.1, 0.15) is 78.8 Å². The van der Waals surface area contributed by atoms with Crippen LogP contribution in [0.4, 0.5) is 34.1 Å². The smallest absolute Gasteiger partial charge is 0.264 e. The van der Waals surface area contributed by atoms with Gasteiger partial charge in [0.2, 0.25) is 0 Å². The van der Waals surface area contributed by atoms with Crippen molar-refractivity contribution in [3.8, 4) is 44.5 Å². The minimum Gasteiger partial charge on any atom is -0.311 e. The fourth-order valence-electron chi connectivity index (χ4n) is 12.8. The molecule has 4 heteroatoms. The van der Waals surface area contributed by atoms with Gasteiger partial charge < -0.3 is 9.80 Å². The van der Waals surface area contributed by atoms with Gasteiger partial charge in [-0.15, -0.1) is 11.3 Å². The second-order valence-corrected chi connectivity index (χ2v) is 22.5. The van der Waals surface area contributed by atoms with Crippen LogP contribution >= 0.6 is 11.3 Å². The van der Waals surface area contributed by atoms with Gasteiger partial charge in [0.25, 0.3) is 6.71 Å². The average molecular weight is 929 g/mol. The van der Waals surface area contributed by atoms with E-state index in [1.807, 2.05) is 0 Å². The van der Waals surface area contributed by atoms with Crippen LogP contribution < -0.4 is 25.5 Å². The van der Waals surface area contributed by atoms with Gasteiger partial charge in [-0.25, -0.2) is 0 Å². The molecule has 10 aromatic rings. The number of nitrogens with zero attached hydrogens (tertiary/aromatic N) is 2. The summed E-state index contributed by atoms with van der Waals surface area (Å²) in [6.45, 7) is 13.9.